The summed E-state index contributed by atoms with van der Waals surface area (Å²) in [6.07, 6.45) is 2.88. The maximum Gasteiger partial charge on any atom is 0.243 e. The number of amides is 1. The molecule has 20 heavy (non-hydrogen) atoms. The predicted molar refractivity (Wildman–Crippen MR) is 82.8 cm³/mol. The van der Waals surface area contributed by atoms with Gasteiger partial charge in [-0.05, 0) is 53.4 Å². The molecular formula is C14H15BrClN3O. The topological polar surface area (TPSA) is 56.1 Å². The van der Waals surface area contributed by atoms with Gasteiger partial charge in [-0.15, -0.1) is 0 Å². The van der Waals surface area contributed by atoms with Crippen LogP contribution in [0.1, 0.15) is 19.3 Å². The van der Waals surface area contributed by atoms with Crippen molar-refractivity contribution in [1.29, 1.82) is 5.26 Å². The fraction of sp³-hybridized carbons (Fsp3) is 0.429. The summed E-state index contributed by atoms with van der Waals surface area (Å²) in [5, 5.41) is 11.9. The molecule has 1 aromatic rings. The molecule has 1 atom stereocenters. The fourth-order valence-corrected chi connectivity index (χ4v) is 2.91. The van der Waals surface area contributed by atoms with Crippen molar-refractivity contribution < 1.29 is 4.79 Å². The zero-order valence-electron chi connectivity index (χ0n) is 10.9. The number of halogens is 2. The Morgan fingerprint density at radius 3 is 3.05 bits per heavy atom. The van der Waals surface area contributed by atoms with Crippen LogP contribution < -0.4 is 10.2 Å². The van der Waals surface area contributed by atoms with Crippen LogP contribution in [0.4, 0.5) is 5.69 Å². The third kappa shape index (κ3) is 3.44. The molecule has 1 amide bonds. The Morgan fingerprint density at radius 1 is 1.55 bits per heavy atom. The molecule has 1 aliphatic heterocycles. The summed E-state index contributed by atoms with van der Waals surface area (Å²) in [4.78, 5) is 14.2. The van der Waals surface area contributed by atoms with Crippen molar-refractivity contribution >= 4 is 39.1 Å². The highest BCUT2D eigenvalue weighted by atomic mass is 79.9. The van der Waals surface area contributed by atoms with E-state index in [9.17, 15) is 4.79 Å². The van der Waals surface area contributed by atoms with Crippen molar-refractivity contribution in [3.8, 4) is 6.07 Å². The maximum atomic E-state index is 12.2. The Morgan fingerprint density at radius 2 is 2.35 bits per heavy atom. The highest BCUT2D eigenvalue weighted by Crippen LogP contribution is 2.31. The normalized spacial score (nSPS) is 18.4. The molecule has 0 saturated carbocycles. The van der Waals surface area contributed by atoms with Gasteiger partial charge in [-0.2, -0.15) is 5.26 Å². The average molecular weight is 357 g/mol. The molecular weight excluding hydrogens is 342 g/mol. The summed E-state index contributed by atoms with van der Waals surface area (Å²) in [5.74, 6) is -0.0858. The van der Waals surface area contributed by atoms with Gasteiger partial charge in [0, 0.05) is 16.7 Å². The Bertz CT molecular complexity index is 544. The van der Waals surface area contributed by atoms with Gasteiger partial charge >= 0.3 is 0 Å². The van der Waals surface area contributed by atoms with Crippen LogP contribution in [0.3, 0.4) is 0 Å². The summed E-state index contributed by atoms with van der Waals surface area (Å²) in [6, 6.07) is 7.38. The van der Waals surface area contributed by atoms with Crippen LogP contribution in [0.15, 0.2) is 22.7 Å². The predicted octanol–water partition coefficient (Wildman–Crippen LogP) is 3.10. The van der Waals surface area contributed by atoms with Gasteiger partial charge in [0.25, 0.3) is 0 Å². The highest BCUT2D eigenvalue weighted by molar-refractivity contribution is 9.10. The second-order valence-electron chi connectivity index (χ2n) is 4.68. The summed E-state index contributed by atoms with van der Waals surface area (Å²) in [7, 11) is 0. The number of anilines is 1. The number of hydrogen-bond acceptors (Lipinski definition) is 3. The Kier molecular flexibility index (Phi) is 5.27. The number of hydrogen-bond donors (Lipinski definition) is 1. The average Bonchev–Trinajstić information content (AvgIpc) is 2.47. The van der Waals surface area contributed by atoms with Gasteiger partial charge in [0.15, 0.2) is 0 Å². The Balaban J connectivity index is 2.20. The van der Waals surface area contributed by atoms with E-state index in [0.717, 1.165) is 36.0 Å². The largest absolute Gasteiger partial charge is 0.359 e. The van der Waals surface area contributed by atoms with Crippen LogP contribution in [0.2, 0.25) is 5.02 Å². The van der Waals surface area contributed by atoms with E-state index in [0.29, 0.717) is 5.02 Å². The van der Waals surface area contributed by atoms with Crippen LogP contribution in [-0.4, -0.2) is 25.0 Å². The smallest absolute Gasteiger partial charge is 0.243 e. The van der Waals surface area contributed by atoms with Gasteiger partial charge < -0.3 is 10.2 Å². The first-order valence-electron chi connectivity index (χ1n) is 6.50. The monoisotopic (exact) mass is 355 g/mol. The standard InChI is InChI=1S/C14H15BrClN3O/c15-11-9-10(4-5-12(11)16)19-8-2-1-3-13(19)14(20)18-7-6-17/h4-5,9,13H,1-3,7-8H2,(H,18,20). The van der Waals surface area contributed by atoms with Crippen LogP contribution in [-0.2, 0) is 4.79 Å². The number of carbonyl (C=O) groups excluding carboxylic acids is 1. The van der Waals surface area contributed by atoms with Gasteiger partial charge in [0.05, 0.1) is 11.1 Å². The molecule has 4 nitrogen and oxygen atoms in total. The first-order valence-corrected chi connectivity index (χ1v) is 7.67. The zero-order valence-corrected chi connectivity index (χ0v) is 13.2. The minimum Gasteiger partial charge on any atom is -0.359 e. The van der Waals surface area contributed by atoms with Gasteiger partial charge in [-0.3, -0.25) is 4.79 Å². The van der Waals surface area contributed by atoms with Crippen LogP contribution in [0.25, 0.3) is 0 Å². The van der Waals surface area contributed by atoms with E-state index < -0.39 is 0 Å². The molecule has 0 radical (unpaired) electrons. The number of nitriles is 1. The summed E-state index contributed by atoms with van der Waals surface area (Å²) in [6.45, 7) is 0.881. The molecule has 0 aliphatic carbocycles. The third-order valence-corrected chi connectivity index (χ3v) is 4.60. The number of piperidine rings is 1. The molecule has 1 N–H and O–H groups in total. The van der Waals surface area contributed by atoms with E-state index in [1.54, 1.807) is 0 Å². The van der Waals surface area contributed by atoms with Crippen LogP contribution in [0, 0.1) is 11.3 Å². The quantitative estimate of drug-likeness (QED) is 0.847. The maximum absolute atomic E-state index is 12.2. The lowest BCUT2D eigenvalue weighted by Gasteiger charge is -2.36. The Labute approximate surface area is 131 Å². The van der Waals surface area contributed by atoms with Gasteiger partial charge in [-0.1, -0.05) is 11.6 Å². The van der Waals surface area contributed by atoms with Crippen molar-refractivity contribution in [2.24, 2.45) is 0 Å². The van der Waals surface area contributed by atoms with Crippen molar-refractivity contribution in [3.05, 3.63) is 27.7 Å². The van der Waals surface area contributed by atoms with E-state index in [1.807, 2.05) is 24.3 Å². The Hall–Kier alpha value is -1.25. The van der Waals surface area contributed by atoms with E-state index in [4.69, 9.17) is 16.9 Å². The van der Waals surface area contributed by atoms with Crippen molar-refractivity contribution in [2.75, 3.05) is 18.0 Å². The summed E-state index contributed by atoms with van der Waals surface area (Å²) >= 11 is 9.42. The number of benzene rings is 1. The molecule has 0 aromatic heterocycles. The second kappa shape index (κ2) is 6.96. The summed E-state index contributed by atoms with van der Waals surface area (Å²) in [5.41, 5.74) is 0.970. The lowest BCUT2D eigenvalue weighted by atomic mass is 10.0. The minimum absolute atomic E-state index is 0.0491. The van der Waals surface area contributed by atoms with Gasteiger partial charge in [0.2, 0.25) is 5.91 Å². The third-order valence-electron chi connectivity index (χ3n) is 3.38. The molecule has 1 aliphatic rings. The molecule has 1 aromatic carbocycles. The SMILES string of the molecule is N#CCNC(=O)C1CCCCN1c1ccc(Cl)c(Br)c1. The minimum atomic E-state index is -0.217. The zero-order chi connectivity index (χ0) is 14.5. The van der Waals surface area contributed by atoms with Crippen molar-refractivity contribution in [2.45, 2.75) is 25.3 Å². The molecule has 1 fully saturated rings. The number of nitrogens with zero attached hydrogens (tertiary/aromatic N) is 2. The lowest BCUT2D eigenvalue weighted by Crippen LogP contribution is -2.49. The van der Waals surface area contributed by atoms with E-state index in [2.05, 4.69) is 26.1 Å². The molecule has 0 spiro atoms. The second-order valence-corrected chi connectivity index (χ2v) is 5.94. The fourth-order valence-electron chi connectivity index (χ4n) is 2.42. The molecule has 6 heteroatoms. The molecule has 1 unspecified atom stereocenters. The highest BCUT2D eigenvalue weighted by Gasteiger charge is 2.28. The van der Waals surface area contributed by atoms with Crippen LogP contribution in [0.5, 0.6) is 0 Å². The van der Waals surface area contributed by atoms with Crippen molar-refractivity contribution in [3.63, 3.8) is 0 Å². The molecule has 2 rings (SSSR count). The van der Waals surface area contributed by atoms with E-state index in [1.165, 1.54) is 0 Å². The lowest BCUT2D eigenvalue weighted by molar-refractivity contribution is -0.122. The van der Waals surface area contributed by atoms with Crippen molar-refractivity contribution in [1.82, 2.24) is 5.32 Å². The number of carbonyl (C=O) groups is 1. The number of rotatable bonds is 3. The van der Waals surface area contributed by atoms with Gasteiger partial charge in [-0.25, -0.2) is 0 Å². The van der Waals surface area contributed by atoms with Gasteiger partial charge in [0.1, 0.15) is 12.6 Å². The number of nitrogens with one attached hydrogen (secondary N) is 1. The molecule has 106 valence electrons. The summed E-state index contributed by atoms with van der Waals surface area (Å²) < 4.78 is 0.818. The molecule has 1 heterocycles. The molecule has 1 saturated heterocycles. The first kappa shape index (κ1) is 15.1. The first-order chi connectivity index (χ1) is 9.63. The van der Waals surface area contributed by atoms with E-state index >= 15 is 0 Å². The van der Waals surface area contributed by atoms with E-state index in [-0.39, 0.29) is 18.5 Å². The van der Waals surface area contributed by atoms with Crippen LogP contribution >= 0.6 is 27.5 Å². The molecule has 0 bridgehead atoms.